The number of hydrogen-bond donors (Lipinski definition) is 1. The van der Waals surface area contributed by atoms with Crippen molar-refractivity contribution in [3.63, 3.8) is 0 Å². The molecule has 0 aromatic carbocycles. The Morgan fingerprint density at radius 3 is 2.79 bits per heavy atom. The number of thioether (sulfide) groups is 1. The van der Waals surface area contributed by atoms with Gasteiger partial charge in [-0.25, -0.2) is 0 Å². The fourth-order valence-electron chi connectivity index (χ4n) is 2.93. The fourth-order valence-corrected chi connectivity index (χ4v) is 4.16. The van der Waals surface area contributed by atoms with E-state index in [0.717, 1.165) is 18.7 Å². The van der Waals surface area contributed by atoms with Gasteiger partial charge in [-0.05, 0) is 25.0 Å². The maximum absolute atomic E-state index is 12.4. The standard InChI is InChI=1S/C14H26N2O2S/c1-18-8-7-16(13-6-9-19-11-13)14(17)10-15-12-4-2-3-5-12/h12-13,15H,2-11H2,1H3. The Morgan fingerprint density at radius 2 is 2.16 bits per heavy atom. The average molecular weight is 286 g/mol. The Hall–Kier alpha value is -0.260. The van der Waals surface area contributed by atoms with E-state index in [0.29, 0.717) is 25.2 Å². The van der Waals surface area contributed by atoms with Crippen molar-refractivity contribution in [1.29, 1.82) is 0 Å². The van der Waals surface area contributed by atoms with Gasteiger partial charge in [-0.3, -0.25) is 4.79 Å². The van der Waals surface area contributed by atoms with Gasteiger partial charge in [0, 0.05) is 31.5 Å². The van der Waals surface area contributed by atoms with E-state index in [1.807, 2.05) is 16.7 Å². The van der Waals surface area contributed by atoms with Crippen molar-refractivity contribution < 1.29 is 9.53 Å². The first-order valence-electron chi connectivity index (χ1n) is 7.41. The van der Waals surface area contributed by atoms with Crippen molar-refractivity contribution in [3.8, 4) is 0 Å². The molecule has 4 nitrogen and oxygen atoms in total. The number of methoxy groups -OCH3 is 1. The van der Waals surface area contributed by atoms with Crippen LogP contribution in [0.4, 0.5) is 0 Å². The molecule has 1 aliphatic heterocycles. The van der Waals surface area contributed by atoms with Crippen LogP contribution in [0.25, 0.3) is 0 Å². The summed E-state index contributed by atoms with van der Waals surface area (Å²) in [7, 11) is 1.70. The summed E-state index contributed by atoms with van der Waals surface area (Å²) in [4.78, 5) is 14.4. The van der Waals surface area contributed by atoms with Gasteiger partial charge in [-0.15, -0.1) is 0 Å². The highest BCUT2D eigenvalue weighted by molar-refractivity contribution is 7.99. The smallest absolute Gasteiger partial charge is 0.236 e. The highest BCUT2D eigenvalue weighted by Gasteiger charge is 2.27. The molecular weight excluding hydrogens is 260 g/mol. The molecule has 1 saturated carbocycles. The zero-order valence-corrected chi connectivity index (χ0v) is 12.7. The predicted molar refractivity (Wildman–Crippen MR) is 79.6 cm³/mol. The Kier molecular flexibility index (Phi) is 6.47. The minimum absolute atomic E-state index is 0.247. The van der Waals surface area contributed by atoms with E-state index >= 15 is 0 Å². The Labute approximate surface area is 120 Å². The van der Waals surface area contributed by atoms with Gasteiger partial charge in [0.05, 0.1) is 13.2 Å². The number of hydrogen-bond acceptors (Lipinski definition) is 4. The summed E-state index contributed by atoms with van der Waals surface area (Å²) in [6.07, 6.45) is 6.19. The summed E-state index contributed by atoms with van der Waals surface area (Å²) in [5.41, 5.74) is 0. The summed E-state index contributed by atoms with van der Waals surface area (Å²) >= 11 is 1.95. The van der Waals surface area contributed by atoms with Crippen molar-refractivity contribution in [1.82, 2.24) is 10.2 Å². The van der Waals surface area contributed by atoms with Crippen LogP contribution in [-0.2, 0) is 9.53 Å². The molecule has 2 fully saturated rings. The van der Waals surface area contributed by atoms with Crippen LogP contribution in [-0.4, -0.2) is 61.2 Å². The first-order valence-corrected chi connectivity index (χ1v) is 8.56. The number of carbonyl (C=O) groups excluding carboxylic acids is 1. The van der Waals surface area contributed by atoms with Crippen LogP contribution in [0, 0.1) is 0 Å². The van der Waals surface area contributed by atoms with Crippen LogP contribution in [0.1, 0.15) is 32.1 Å². The summed E-state index contributed by atoms with van der Waals surface area (Å²) in [5.74, 6) is 2.51. The molecule has 5 heteroatoms. The molecule has 0 spiro atoms. The third-order valence-corrected chi connectivity index (χ3v) is 5.25. The molecule has 19 heavy (non-hydrogen) atoms. The zero-order valence-electron chi connectivity index (χ0n) is 11.9. The molecule has 0 aromatic heterocycles. The molecule has 2 aliphatic rings. The molecule has 1 heterocycles. The van der Waals surface area contributed by atoms with Crippen LogP contribution in [0.15, 0.2) is 0 Å². The highest BCUT2D eigenvalue weighted by atomic mass is 32.2. The molecule has 1 atom stereocenters. The second-order valence-corrected chi connectivity index (χ2v) is 6.61. The minimum Gasteiger partial charge on any atom is -0.383 e. The van der Waals surface area contributed by atoms with Crippen molar-refractivity contribution in [2.75, 3.05) is 38.3 Å². The summed E-state index contributed by atoms with van der Waals surface area (Å²) in [5, 5.41) is 3.42. The van der Waals surface area contributed by atoms with Gasteiger partial charge in [0.1, 0.15) is 0 Å². The van der Waals surface area contributed by atoms with E-state index in [9.17, 15) is 4.79 Å². The van der Waals surface area contributed by atoms with E-state index in [2.05, 4.69) is 5.32 Å². The third-order valence-electron chi connectivity index (χ3n) is 4.10. The maximum atomic E-state index is 12.4. The molecule has 1 amide bonds. The lowest BCUT2D eigenvalue weighted by Crippen LogP contribution is -2.47. The van der Waals surface area contributed by atoms with Crippen LogP contribution >= 0.6 is 11.8 Å². The van der Waals surface area contributed by atoms with E-state index in [-0.39, 0.29) is 5.91 Å². The first kappa shape index (κ1) is 15.1. The summed E-state index contributed by atoms with van der Waals surface area (Å²) in [6, 6.07) is 0.976. The van der Waals surface area contributed by atoms with Gasteiger partial charge in [-0.2, -0.15) is 11.8 Å². The molecule has 1 saturated heterocycles. The third kappa shape index (κ3) is 4.65. The minimum atomic E-state index is 0.247. The summed E-state index contributed by atoms with van der Waals surface area (Å²) in [6.45, 7) is 1.86. The second-order valence-electron chi connectivity index (χ2n) is 5.46. The van der Waals surface area contributed by atoms with Crippen molar-refractivity contribution >= 4 is 17.7 Å². The lowest BCUT2D eigenvalue weighted by Gasteiger charge is -2.29. The zero-order chi connectivity index (χ0) is 13.5. The fraction of sp³-hybridized carbons (Fsp3) is 0.929. The lowest BCUT2D eigenvalue weighted by molar-refractivity contribution is -0.132. The predicted octanol–water partition coefficient (Wildman–Crippen LogP) is 1.50. The van der Waals surface area contributed by atoms with Crippen LogP contribution in [0.2, 0.25) is 0 Å². The Balaban J connectivity index is 1.79. The molecule has 2 rings (SSSR count). The Morgan fingerprint density at radius 1 is 1.37 bits per heavy atom. The number of nitrogens with zero attached hydrogens (tertiary/aromatic N) is 1. The summed E-state index contributed by atoms with van der Waals surface area (Å²) < 4.78 is 5.14. The number of nitrogens with one attached hydrogen (secondary N) is 1. The highest BCUT2D eigenvalue weighted by Crippen LogP contribution is 2.22. The van der Waals surface area contributed by atoms with E-state index in [1.54, 1.807) is 7.11 Å². The number of ether oxygens (including phenoxy) is 1. The SMILES string of the molecule is COCCN(C(=O)CNC1CCCC1)C1CCSC1. The average Bonchev–Trinajstić information content (AvgIpc) is 3.10. The maximum Gasteiger partial charge on any atom is 0.236 e. The molecular formula is C14H26N2O2S. The normalized spacial score (nSPS) is 23.9. The van der Waals surface area contributed by atoms with Crippen molar-refractivity contribution in [3.05, 3.63) is 0 Å². The molecule has 1 aliphatic carbocycles. The topological polar surface area (TPSA) is 41.6 Å². The lowest BCUT2D eigenvalue weighted by atomic mass is 10.2. The molecule has 110 valence electrons. The molecule has 1 unspecified atom stereocenters. The van der Waals surface area contributed by atoms with Gasteiger partial charge in [0.15, 0.2) is 0 Å². The van der Waals surface area contributed by atoms with Gasteiger partial charge in [-0.1, -0.05) is 12.8 Å². The molecule has 0 bridgehead atoms. The number of carbonyl (C=O) groups is 1. The van der Waals surface area contributed by atoms with Gasteiger partial charge in [0.2, 0.25) is 5.91 Å². The van der Waals surface area contributed by atoms with Gasteiger partial charge >= 0.3 is 0 Å². The first-order chi connectivity index (χ1) is 9.31. The molecule has 0 radical (unpaired) electrons. The largest absolute Gasteiger partial charge is 0.383 e. The number of rotatable bonds is 7. The quantitative estimate of drug-likeness (QED) is 0.770. The van der Waals surface area contributed by atoms with Gasteiger partial charge < -0.3 is 15.0 Å². The Bertz CT molecular complexity index is 277. The number of amides is 1. The van der Waals surface area contributed by atoms with E-state index < -0.39 is 0 Å². The molecule has 0 aromatic rings. The van der Waals surface area contributed by atoms with E-state index in [4.69, 9.17) is 4.74 Å². The second kappa shape index (κ2) is 8.12. The van der Waals surface area contributed by atoms with Crippen LogP contribution in [0.5, 0.6) is 0 Å². The molecule has 1 N–H and O–H groups in total. The van der Waals surface area contributed by atoms with Crippen molar-refractivity contribution in [2.45, 2.75) is 44.2 Å². The van der Waals surface area contributed by atoms with Crippen LogP contribution in [0.3, 0.4) is 0 Å². The van der Waals surface area contributed by atoms with Gasteiger partial charge in [0.25, 0.3) is 0 Å². The van der Waals surface area contributed by atoms with Crippen molar-refractivity contribution in [2.24, 2.45) is 0 Å². The van der Waals surface area contributed by atoms with Crippen LogP contribution < -0.4 is 5.32 Å². The monoisotopic (exact) mass is 286 g/mol. The van der Waals surface area contributed by atoms with E-state index in [1.165, 1.54) is 31.4 Å².